The first-order valence-electron chi connectivity index (χ1n) is 8.98. The molecule has 2 aromatic carbocycles. The molecule has 0 aromatic heterocycles. The number of carbonyl (C=O) groups is 2. The molecule has 0 saturated carbocycles. The Morgan fingerprint density at radius 3 is 2.41 bits per heavy atom. The van der Waals surface area contributed by atoms with Gasteiger partial charge in [-0.1, -0.05) is 26.0 Å². The molecule has 0 atom stereocenters. The molecule has 3 rings (SSSR count). The molecule has 0 unspecified atom stereocenters. The van der Waals surface area contributed by atoms with E-state index < -0.39 is 21.8 Å². The Hall–Kier alpha value is -3.11. The topological polar surface area (TPSA) is 114 Å². The maximum absolute atomic E-state index is 12.6. The number of fused-ring (bicyclic) bond motifs is 1. The Bertz CT molecular complexity index is 1030. The number of hydrogen-bond acceptors (Lipinski definition) is 6. The van der Waals surface area contributed by atoms with Gasteiger partial charge in [0.25, 0.3) is 11.8 Å². The fourth-order valence-electron chi connectivity index (χ4n) is 2.87. The average Bonchev–Trinajstić information content (AvgIpc) is 3.21. The second kappa shape index (κ2) is 8.50. The summed E-state index contributed by atoms with van der Waals surface area (Å²) in [5.41, 5.74) is 4.88. The third-order valence-electron chi connectivity index (χ3n) is 4.37. The van der Waals surface area contributed by atoms with Crippen LogP contribution in [0, 0.1) is 0 Å². The van der Waals surface area contributed by atoms with E-state index in [4.69, 9.17) is 9.47 Å². The minimum Gasteiger partial charge on any atom is -0.454 e. The predicted molar refractivity (Wildman–Crippen MR) is 104 cm³/mol. The van der Waals surface area contributed by atoms with Crippen LogP contribution in [0.4, 0.5) is 0 Å². The van der Waals surface area contributed by atoms with Gasteiger partial charge >= 0.3 is 0 Å². The van der Waals surface area contributed by atoms with Crippen LogP contribution in [0.1, 0.15) is 34.6 Å². The monoisotopic (exact) mass is 419 g/mol. The van der Waals surface area contributed by atoms with Crippen LogP contribution in [0.15, 0.2) is 47.4 Å². The molecule has 0 radical (unpaired) electrons. The predicted octanol–water partition coefficient (Wildman–Crippen LogP) is 1.52. The van der Waals surface area contributed by atoms with Gasteiger partial charge < -0.3 is 9.47 Å². The quantitative estimate of drug-likeness (QED) is 0.687. The molecule has 1 aliphatic rings. The minimum absolute atomic E-state index is 0.00612. The van der Waals surface area contributed by atoms with E-state index in [9.17, 15) is 18.0 Å². The van der Waals surface area contributed by atoms with Crippen molar-refractivity contribution in [1.82, 2.24) is 15.2 Å². The summed E-state index contributed by atoms with van der Waals surface area (Å²) in [5.74, 6) is -0.503. The highest BCUT2D eigenvalue weighted by molar-refractivity contribution is 7.89. The van der Waals surface area contributed by atoms with Crippen molar-refractivity contribution in [3.8, 4) is 11.5 Å². The number of hydrogen-bond donors (Lipinski definition) is 2. The smallest absolute Gasteiger partial charge is 0.273 e. The molecule has 0 spiro atoms. The number of nitrogens with zero attached hydrogens (tertiary/aromatic N) is 1. The van der Waals surface area contributed by atoms with Crippen LogP contribution in [0.2, 0.25) is 0 Å². The summed E-state index contributed by atoms with van der Waals surface area (Å²) < 4.78 is 37.0. The van der Waals surface area contributed by atoms with Gasteiger partial charge in [-0.3, -0.25) is 20.4 Å². The summed E-state index contributed by atoms with van der Waals surface area (Å²) in [6.45, 7) is 4.13. The van der Waals surface area contributed by atoms with E-state index in [1.165, 1.54) is 34.6 Å². The van der Waals surface area contributed by atoms with Gasteiger partial charge in [0, 0.05) is 18.7 Å². The number of rotatable bonds is 6. The van der Waals surface area contributed by atoms with Crippen molar-refractivity contribution in [1.29, 1.82) is 0 Å². The van der Waals surface area contributed by atoms with Gasteiger partial charge in [0.05, 0.1) is 10.5 Å². The zero-order valence-corrected chi connectivity index (χ0v) is 16.8. The average molecular weight is 419 g/mol. The molecule has 0 aliphatic carbocycles. The lowest BCUT2D eigenvalue weighted by Crippen LogP contribution is -2.41. The SMILES string of the molecule is CCN(CC)S(=O)(=O)c1cccc(C(=O)NNC(=O)c2cccc3c2OCO3)c1. The summed E-state index contributed by atoms with van der Waals surface area (Å²) in [6.07, 6.45) is 0. The molecule has 154 valence electrons. The number of sulfonamides is 1. The molecule has 10 heteroatoms. The van der Waals surface area contributed by atoms with Crippen molar-refractivity contribution in [3.05, 3.63) is 53.6 Å². The molecule has 2 N–H and O–H groups in total. The van der Waals surface area contributed by atoms with Crippen LogP contribution in [0.5, 0.6) is 11.5 Å². The maximum atomic E-state index is 12.6. The molecule has 1 aliphatic heterocycles. The van der Waals surface area contributed by atoms with E-state index in [0.29, 0.717) is 24.6 Å². The molecule has 0 bridgehead atoms. The van der Waals surface area contributed by atoms with Gasteiger partial charge in [-0.2, -0.15) is 4.31 Å². The van der Waals surface area contributed by atoms with Crippen LogP contribution in [0.3, 0.4) is 0 Å². The molecule has 2 amide bonds. The number of para-hydroxylation sites is 1. The van der Waals surface area contributed by atoms with E-state index in [1.807, 2.05) is 0 Å². The van der Waals surface area contributed by atoms with Crippen LogP contribution < -0.4 is 20.3 Å². The Labute approximate surface area is 168 Å². The number of hydrazine groups is 1. The largest absolute Gasteiger partial charge is 0.454 e. The number of amides is 2. The second-order valence-electron chi connectivity index (χ2n) is 6.06. The van der Waals surface area contributed by atoms with E-state index in [1.54, 1.807) is 26.0 Å². The summed E-state index contributed by atoms with van der Waals surface area (Å²) >= 11 is 0. The van der Waals surface area contributed by atoms with Gasteiger partial charge in [-0.05, 0) is 30.3 Å². The van der Waals surface area contributed by atoms with E-state index >= 15 is 0 Å². The summed E-state index contributed by atoms with van der Waals surface area (Å²) in [7, 11) is -3.70. The van der Waals surface area contributed by atoms with Crippen molar-refractivity contribution in [2.45, 2.75) is 18.7 Å². The molecule has 29 heavy (non-hydrogen) atoms. The fraction of sp³-hybridized carbons (Fsp3) is 0.263. The van der Waals surface area contributed by atoms with Gasteiger partial charge in [-0.25, -0.2) is 8.42 Å². The Balaban J connectivity index is 1.72. The normalized spacial score (nSPS) is 12.7. The van der Waals surface area contributed by atoms with Crippen molar-refractivity contribution in [2.75, 3.05) is 19.9 Å². The number of ether oxygens (including phenoxy) is 2. The first-order chi connectivity index (χ1) is 13.9. The van der Waals surface area contributed by atoms with Crippen LogP contribution >= 0.6 is 0 Å². The lowest BCUT2D eigenvalue weighted by atomic mass is 10.2. The zero-order chi connectivity index (χ0) is 21.0. The zero-order valence-electron chi connectivity index (χ0n) is 16.0. The third kappa shape index (κ3) is 4.17. The molecular formula is C19H21N3O6S. The van der Waals surface area contributed by atoms with Gasteiger partial charge in [0.15, 0.2) is 11.5 Å². The first kappa shape index (κ1) is 20.6. The molecule has 0 saturated heterocycles. The van der Waals surface area contributed by atoms with Crippen molar-refractivity contribution in [3.63, 3.8) is 0 Å². The molecular weight excluding hydrogens is 398 g/mol. The highest BCUT2D eigenvalue weighted by Gasteiger charge is 2.24. The Morgan fingerprint density at radius 2 is 1.69 bits per heavy atom. The van der Waals surface area contributed by atoms with Gasteiger partial charge in [0.1, 0.15) is 0 Å². The van der Waals surface area contributed by atoms with Crippen molar-refractivity contribution >= 4 is 21.8 Å². The fourth-order valence-corrected chi connectivity index (χ4v) is 4.38. The minimum atomic E-state index is -3.70. The molecule has 9 nitrogen and oxygen atoms in total. The highest BCUT2D eigenvalue weighted by atomic mass is 32.2. The summed E-state index contributed by atoms with van der Waals surface area (Å²) in [5, 5.41) is 0. The van der Waals surface area contributed by atoms with E-state index in [-0.39, 0.29) is 22.8 Å². The second-order valence-corrected chi connectivity index (χ2v) is 8.00. The van der Waals surface area contributed by atoms with E-state index in [2.05, 4.69) is 10.9 Å². The van der Waals surface area contributed by atoms with Crippen LogP contribution in [-0.4, -0.2) is 44.4 Å². The number of benzene rings is 2. The maximum Gasteiger partial charge on any atom is 0.273 e. The molecule has 2 aromatic rings. The van der Waals surface area contributed by atoms with Crippen LogP contribution in [-0.2, 0) is 10.0 Å². The summed E-state index contributed by atoms with van der Waals surface area (Å²) in [6, 6.07) is 10.5. The van der Waals surface area contributed by atoms with Crippen molar-refractivity contribution < 1.29 is 27.5 Å². The third-order valence-corrected chi connectivity index (χ3v) is 6.42. The lowest BCUT2D eigenvalue weighted by Gasteiger charge is -2.18. The number of carbonyl (C=O) groups excluding carboxylic acids is 2. The van der Waals surface area contributed by atoms with Crippen molar-refractivity contribution in [2.24, 2.45) is 0 Å². The molecule has 1 heterocycles. The highest BCUT2D eigenvalue weighted by Crippen LogP contribution is 2.35. The van der Waals surface area contributed by atoms with Gasteiger partial charge in [-0.15, -0.1) is 0 Å². The lowest BCUT2D eigenvalue weighted by molar-refractivity contribution is 0.0844. The summed E-state index contributed by atoms with van der Waals surface area (Å²) in [4.78, 5) is 24.8. The number of nitrogens with one attached hydrogen (secondary N) is 2. The van der Waals surface area contributed by atoms with Crippen LogP contribution in [0.25, 0.3) is 0 Å². The first-order valence-corrected chi connectivity index (χ1v) is 10.4. The standard InChI is InChI=1S/C19H21N3O6S/c1-3-22(4-2)29(25,26)14-8-5-7-13(11-14)18(23)20-21-19(24)15-9-6-10-16-17(15)28-12-27-16/h5-11H,3-4,12H2,1-2H3,(H,20,23)(H,21,24). The Morgan fingerprint density at radius 1 is 1.00 bits per heavy atom. The van der Waals surface area contributed by atoms with Gasteiger partial charge in [0.2, 0.25) is 16.8 Å². The van der Waals surface area contributed by atoms with E-state index in [0.717, 1.165) is 0 Å². The Kier molecular flexibility index (Phi) is 6.04. The molecule has 0 fully saturated rings.